The SMILES string of the molecule is O=C(c1cn(Cc2cccc(F)c2)nc1OCc1cccc(F)c1)N1CCN(c2ccc(F)cc2)CC1. The minimum Gasteiger partial charge on any atom is -0.471 e. The zero-order valence-electron chi connectivity index (χ0n) is 20.0. The summed E-state index contributed by atoms with van der Waals surface area (Å²) in [6.45, 7) is 2.40. The van der Waals surface area contributed by atoms with E-state index in [0.717, 1.165) is 5.69 Å². The number of amides is 1. The van der Waals surface area contributed by atoms with Crippen molar-refractivity contribution >= 4 is 11.6 Å². The monoisotopic (exact) mass is 506 g/mol. The van der Waals surface area contributed by atoms with Gasteiger partial charge in [-0.05, 0) is 59.7 Å². The largest absolute Gasteiger partial charge is 0.471 e. The van der Waals surface area contributed by atoms with Gasteiger partial charge in [0.05, 0.1) is 6.54 Å². The number of aromatic nitrogens is 2. The first-order chi connectivity index (χ1) is 17.9. The van der Waals surface area contributed by atoms with Crippen LogP contribution in [0, 0.1) is 17.5 Å². The highest BCUT2D eigenvalue weighted by atomic mass is 19.1. The van der Waals surface area contributed by atoms with Gasteiger partial charge in [-0.25, -0.2) is 13.2 Å². The van der Waals surface area contributed by atoms with Crippen LogP contribution in [0.1, 0.15) is 21.5 Å². The molecular weight excluding hydrogens is 481 g/mol. The Hall–Kier alpha value is -4.27. The van der Waals surface area contributed by atoms with E-state index in [-0.39, 0.29) is 48.0 Å². The molecule has 1 aromatic heterocycles. The summed E-state index contributed by atoms with van der Waals surface area (Å²) < 4.78 is 48.0. The first-order valence-corrected chi connectivity index (χ1v) is 11.9. The molecule has 0 radical (unpaired) electrons. The van der Waals surface area contributed by atoms with Crippen LogP contribution in [-0.2, 0) is 13.2 Å². The number of hydrogen-bond acceptors (Lipinski definition) is 4. The van der Waals surface area contributed by atoms with Crippen molar-refractivity contribution in [3.8, 4) is 5.88 Å². The highest BCUT2D eigenvalue weighted by Crippen LogP contribution is 2.23. The van der Waals surface area contributed by atoms with Gasteiger partial charge in [-0.2, -0.15) is 0 Å². The molecule has 0 atom stereocenters. The second kappa shape index (κ2) is 10.8. The Balaban J connectivity index is 1.33. The van der Waals surface area contributed by atoms with Gasteiger partial charge in [0, 0.05) is 38.1 Å². The van der Waals surface area contributed by atoms with Gasteiger partial charge >= 0.3 is 0 Å². The van der Waals surface area contributed by atoms with E-state index in [0.29, 0.717) is 37.3 Å². The van der Waals surface area contributed by atoms with E-state index in [1.165, 1.54) is 41.1 Å². The van der Waals surface area contributed by atoms with E-state index >= 15 is 0 Å². The molecule has 1 aliphatic rings. The topological polar surface area (TPSA) is 50.6 Å². The summed E-state index contributed by atoms with van der Waals surface area (Å²) >= 11 is 0. The van der Waals surface area contributed by atoms with Crippen LogP contribution in [-0.4, -0.2) is 46.8 Å². The van der Waals surface area contributed by atoms with Crippen LogP contribution in [0.2, 0.25) is 0 Å². The third-order valence-corrected chi connectivity index (χ3v) is 6.22. The van der Waals surface area contributed by atoms with Gasteiger partial charge in [0.15, 0.2) is 0 Å². The minimum absolute atomic E-state index is 0.0351. The van der Waals surface area contributed by atoms with E-state index in [9.17, 15) is 18.0 Å². The van der Waals surface area contributed by atoms with E-state index in [1.54, 1.807) is 47.5 Å². The van der Waals surface area contributed by atoms with Crippen LogP contribution in [0.15, 0.2) is 79.0 Å². The molecule has 0 N–H and O–H groups in total. The van der Waals surface area contributed by atoms with E-state index < -0.39 is 0 Å². The number of carbonyl (C=O) groups excluding carboxylic acids is 1. The predicted molar refractivity (Wildman–Crippen MR) is 133 cm³/mol. The number of rotatable bonds is 7. The molecular formula is C28H25F3N4O2. The number of hydrogen-bond donors (Lipinski definition) is 0. The Labute approximate surface area is 212 Å². The van der Waals surface area contributed by atoms with E-state index in [4.69, 9.17) is 4.74 Å². The highest BCUT2D eigenvalue weighted by molar-refractivity contribution is 5.96. The third kappa shape index (κ3) is 5.94. The lowest BCUT2D eigenvalue weighted by Gasteiger charge is -2.36. The Kier molecular flexibility index (Phi) is 7.11. The Bertz CT molecular complexity index is 1380. The molecule has 1 saturated heterocycles. The first kappa shape index (κ1) is 24.4. The summed E-state index contributed by atoms with van der Waals surface area (Å²) in [5.41, 5.74) is 2.47. The molecule has 1 fully saturated rings. The molecule has 1 aliphatic heterocycles. The fourth-order valence-electron chi connectivity index (χ4n) is 4.33. The molecule has 190 valence electrons. The van der Waals surface area contributed by atoms with Crippen molar-refractivity contribution in [1.29, 1.82) is 0 Å². The van der Waals surface area contributed by atoms with Crippen molar-refractivity contribution in [2.24, 2.45) is 0 Å². The van der Waals surface area contributed by atoms with Gasteiger partial charge in [0.1, 0.15) is 29.6 Å². The molecule has 0 aliphatic carbocycles. The van der Waals surface area contributed by atoms with Crippen molar-refractivity contribution in [3.05, 3.63) is 113 Å². The average molecular weight is 507 g/mol. The minimum atomic E-state index is -0.381. The molecule has 0 bridgehead atoms. The van der Waals surface area contributed by atoms with Crippen LogP contribution in [0.5, 0.6) is 5.88 Å². The smallest absolute Gasteiger partial charge is 0.261 e. The molecule has 3 aromatic carbocycles. The van der Waals surface area contributed by atoms with Crippen LogP contribution < -0.4 is 9.64 Å². The van der Waals surface area contributed by atoms with Gasteiger partial charge in [0.25, 0.3) is 5.91 Å². The number of ether oxygens (including phenoxy) is 1. The second-order valence-electron chi connectivity index (χ2n) is 8.85. The van der Waals surface area contributed by atoms with Crippen molar-refractivity contribution in [2.75, 3.05) is 31.1 Å². The van der Waals surface area contributed by atoms with Gasteiger partial charge in [-0.3, -0.25) is 9.48 Å². The van der Waals surface area contributed by atoms with Crippen molar-refractivity contribution in [1.82, 2.24) is 14.7 Å². The molecule has 5 rings (SSSR count). The lowest BCUT2D eigenvalue weighted by atomic mass is 10.2. The van der Waals surface area contributed by atoms with Crippen LogP contribution >= 0.6 is 0 Å². The maximum absolute atomic E-state index is 13.7. The molecule has 9 heteroatoms. The molecule has 0 saturated carbocycles. The summed E-state index contributed by atoms with van der Waals surface area (Å²) in [5.74, 6) is -1.14. The molecule has 2 heterocycles. The zero-order valence-corrected chi connectivity index (χ0v) is 20.0. The molecule has 0 unspecified atom stereocenters. The second-order valence-corrected chi connectivity index (χ2v) is 8.85. The summed E-state index contributed by atoms with van der Waals surface area (Å²) in [6, 6.07) is 18.5. The van der Waals surface area contributed by atoms with Crippen LogP contribution in [0.3, 0.4) is 0 Å². The first-order valence-electron chi connectivity index (χ1n) is 11.9. The number of nitrogens with zero attached hydrogens (tertiary/aromatic N) is 4. The van der Waals surface area contributed by atoms with Crippen LogP contribution in [0.4, 0.5) is 18.9 Å². The van der Waals surface area contributed by atoms with Gasteiger partial charge in [-0.1, -0.05) is 24.3 Å². The fraction of sp³-hybridized carbons (Fsp3) is 0.214. The number of anilines is 1. The third-order valence-electron chi connectivity index (χ3n) is 6.22. The van der Waals surface area contributed by atoms with Gasteiger partial charge < -0.3 is 14.5 Å². The normalized spacial score (nSPS) is 13.6. The lowest BCUT2D eigenvalue weighted by Crippen LogP contribution is -2.48. The maximum Gasteiger partial charge on any atom is 0.261 e. The average Bonchev–Trinajstić information content (AvgIpc) is 3.30. The number of halogens is 3. The summed E-state index contributed by atoms with van der Waals surface area (Å²) in [7, 11) is 0. The number of piperazine rings is 1. The quantitative estimate of drug-likeness (QED) is 0.358. The molecule has 0 spiro atoms. The van der Waals surface area contributed by atoms with Crippen molar-refractivity contribution in [3.63, 3.8) is 0 Å². The Morgan fingerprint density at radius 1 is 0.811 bits per heavy atom. The molecule has 6 nitrogen and oxygen atoms in total. The van der Waals surface area contributed by atoms with Gasteiger partial charge in [0.2, 0.25) is 5.88 Å². The standard InChI is InChI=1S/C28H25F3N4O2/c29-22-7-9-25(10-8-22)33-11-13-34(14-12-33)28(36)26-18-35(17-20-3-1-5-23(30)15-20)32-27(26)37-19-21-4-2-6-24(31)16-21/h1-10,15-16,18H,11-14,17,19H2. The number of benzene rings is 3. The summed E-state index contributed by atoms with van der Waals surface area (Å²) in [6.07, 6.45) is 1.60. The molecule has 37 heavy (non-hydrogen) atoms. The van der Waals surface area contributed by atoms with Gasteiger partial charge in [-0.15, -0.1) is 5.10 Å². The number of carbonyl (C=O) groups is 1. The Morgan fingerprint density at radius 3 is 2.14 bits per heavy atom. The molecule has 4 aromatic rings. The van der Waals surface area contributed by atoms with Crippen molar-refractivity contribution < 1.29 is 22.7 Å². The fourth-order valence-corrected chi connectivity index (χ4v) is 4.33. The van der Waals surface area contributed by atoms with E-state index in [2.05, 4.69) is 10.00 Å². The van der Waals surface area contributed by atoms with Crippen molar-refractivity contribution in [2.45, 2.75) is 13.2 Å². The van der Waals surface area contributed by atoms with E-state index in [1.807, 2.05) is 0 Å². The Morgan fingerprint density at radius 2 is 1.46 bits per heavy atom. The summed E-state index contributed by atoms with van der Waals surface area (Å²) in [4.78, 5) is 17.3. The maximum atomic E-state index is 13.7. The predicted octanol–water partition coefficient (Wildman–Crippen LogP) is 4.89. The highest BCUT2D eigenvalue weighted by Gasteiger charge is 2.27. The summed E-state index contributed by atoms with van der Waals surface area (Å²) in [5, 5.41) is 4.44. The lowest BCUT2D eigenvalue weighted by molar-refractivity contribution is 0.0741. The van der Waals surface area contributed by atoms with Crippen LogP contribution in [0.25, 0.3) is 0 Å². The molecule has 1 amide bonds. The zero-order chi connectivity index (χ0) is 25.8.